The van der Waals surface area contributed by atoms with Crippen molar-refractivity contribution in [2.24, 2.45) is 0 Å². The second-order valence-electron chi connectivity index (χ2n) is 2.82. The van der Waals surface area contributed by atoms with Crippen molar-refractivity contribution in [3.63, 3.8) is 0 Å². The van der Waals surface area contributed by atoms with E-state index in [-0.39, 0.29) is 43.3 Å². The summed E-state index contributed by atoms with van der Waals surface area (Å²) in [5.74, 6) is 0. The van der Waals surface area contributed by atoms with Gasteiger partial charge in [0, 0.05) is 6.04 Å². The largest absolute Gasteiger partial charge is 4.00 e. The first-order valence-corrected chi connectivity index (χ1v) is 4.27. The maximum atomic E-state index is 2.53. The summed E-state index contributed by atoms with van der Waals surface area (Å²) in [7, 11) is 0. The summed E-state index contributed by atoms with van der Waals surface area (Å²) >= 11 is 0. The zero-order valence-corrected chi connectivity index (χ0v) is 12.6. The molecule has 0 N–H and O–H groups in total. The molecule has 0 bridgehead atoms. The fraction of sp³-hybridized carbons (Fsp3) is 0.583. The molecule has 0 aromatic heterocycles. The Balaban J connectivity index is -0.000000125. The van der Waals surface area contributed by atoms with Gasteiger partial charge in [-0.1, -0.05) is 26.0 Å². The Kier molecular flexibility index (Phi) is 22.9. The van der Waals surface area contributed by atoms with E-state index in [2.05, 4.69) is 30.9 Å². The molecule has 0 aromatic rings. The van der Waals surface area contributed by atoms with Gasteiger partial charge in [0.2, 0.25) is 0 Å². The van der Waals surface area contributed by atoms with E-state index in [4.69, 9.17) is 0 Å². The molecule has 1 aliphatic rings. The van der Waals surface area contributed by atoms with Crippen LogP contribution in [0.1, 0.15) is 26.7 Å². The molecule has 88 valence electrons. The Morgan fingerprint density at radius 3 is 1.64 bits per heavy atom. The first kappa shape index (κ1) is 23.9. The van der Waals surface area contributed by atoms with Crippen LogP contribution < -0.4 is 0 Å². The van der Waals surface area contributed by atoms with Gasteiger partial charge in [0.1, 0.15) is 0 Å². The molecule has 0 spiro atoms. The molecule has 0 radical (unpaired) electrons. The van der Waals surface area contributed by atoms with Gasteiger partial charge >= 0.3 is 21.1 Å². The molecule has 14 heavy (non-hydrogen) atoms. The zero-order valence-electron chi connectivity index (χ0n) is 10.3. The molecule has 0 aromatic carbocycles. The maximum absolute atomic E-state index is 2.53. The van der Waals surface area contributed by atoms with E-state index in [1.54, 1.807) is 0 Å². The van der Waals surface area contributed by atoms with Gasteiger partial charge in [-0.3, -0.25) is 0 Å². The Labute approximate surface area is 106 Å². The Hall–Kier alpha value is 0.388. The minimum atomic E-state index is 0. The molecular weight excluding hydrogens is 353 g/mol. The first-order chi connectivity index (χ1) is 4.88. The molecule has 0 heterocycles. The maximum Gasteiger partial charge on any atom is 4.00 e. The first-order valence-electron chi connectivity index (χ1n) is 4.27. The van der Waals surface area contributed by atoms with E-state index in [1.165, 1.54) is 25.9 Å². The van der Waals surface area contributed by atoms with Crippen LogP contribution in [0.2, 0.25) is 0 Å². The predicted molar refractivity (Wildman–Crippen MR) is 64.3 cm³/mol. The minimum Gasteiger partial charge on any atom is -0.358 e. The van der Waals surface area contributed by atoms with Gasteiger partial charge < -0.3 is 27.2 Å². The van der Waals surface area contributed by atoms with E-state index in [1.807, 2.05) is 0 Å². The van der Waals surface area contributed by atoms with Gasteiger partial charge in [-0.2, -0.15) is 0 Å². The molecule has 1 nitrogen and oxygen atoms in total. The van der Waals surface area contributed by atoms with Crippen molar-refractivity contribution >= 4 is 0 Å². The third kappa shape index (κ3) is 6.78. The summed E-state index contributed by atoms with van der Waals surface area (Å²) in [5.41, 5.74) is 0. The van der Waals surface area contributed by atoms with Gasteiger partial charge in [-0.05, 0) is 25.9 Å². The standard InChI is InChI=1S/C9H17N.3CH3.Pt/c1-3-10(4-2)9-7-5-6-8-9;;;;/h5-6,9H,3-4,7-8H2,1-2H3;3*1H3;/q;3*-1;+4. The number of hydrogen-bond donors (Lipinski definition) is 0. The number of nitrogens with zero attached hydrogens (tertiary/aromatic N) is 1. The van der Waals surface area contributed by atoms with E-state index in [0.717, 1.165) is 6.04 Å². The summed E-state index contributed by atoms with van der Waals surface area (Å²) in [6.45, 7) is 6.87. The normalized spacial score (nSPS) is 13.6. The third-order valence-corrected chi connectivity index (χ3v) is 2.31. The van der Waals surface area contributed by atoms with Crippen LogP contribution in [0.3, 0.4) is 0 Å². The molecule has 0 amide bonds. The van der Waals surface area contributed by atoms with E-state index >= 15 is 0 Å². The fourth-order valence-corrected chi connectivity index (χ4v) is 1.64. The monoisotopic (exact) mass is 379 g/mol. The molecule has 0 fully saturated rings. The van der Waals surface area contributed by atoms with Crippen LogP contribution in [-0.4, -0.2) is 24.0 Å². The number of hydrogen-bond acceptors (Lipinski definition) is 1. The van der Waals surface area contributed by atoms with Gasteiger partial charge in [-0.15, -0.1) is 0 Å². The van der Waals surface area contributed by atoms with Crippen LogP contribution >= 0.6 is 0 Å². The Bertz CT molecular complexity index is 111. The van der Waals surface area contributed by atoms with Gasteiger partial charge in [0.05, 0.1) is 0 Å². The van der Waals surface area contributed by atoms with Crippen LogP contribution in [0.4, 0.5) is 0 Å². The smallest absolute Gasteiger partial charge is 0.358 e. The molecule has 1 rings (SSSR count). The minimum absolute atomic E-state index is 0. The average molecular weight is 379 g/mol. The Morgan fingerprint density at radius 2 is 1.36 bits per heavy atom. The summed E-state index contributed by atoms with van der Waals surface area (Å²) < 4.78 is 0. The SMILES string of the molecule is CCN(CC)C1CC=CC1.[CH3-].[CH3-].[CH3-].[Pt+4]. The van der Waals surface area contributed by atoms with E-state index in [9.17, 15) is 0 Å². The summed E-state index contributed by atoms with van der Waals surface area (Å²) in [6.07, 6.45) is 7.12. The molecule has 0 atom stereocenters. The summed E-state index contributed by atoms with van der Waals surface area (Å²) in [4.78, 5) is 2.53. The average Bonchev–Trinajstić information content (AvgIpc) is 2.43. The van der Waals surface area contributed by atoms with Gasteiger partial charge in [-0.25, -0.2) is 0 Å². The van der Waals surface area contributed by atoms with Crippen molar-refractivity contribution in [2.45, 2.75) is 32.7 Å². The topological polar surface area (TPSA) is 3.24 Å². The zero-order chi connectivity index (χ0) is 7.40. The number of rotatable bonds is 3. The van der Waals surface area contributed by atoms with Crippen LogP contribution in [0.5, 0.6) is 0 Å². The van der Waals surface area contributed by atoms with E-state index in [0.29, 0.717) is 0 Å². The van der Waals surface area contributed by atoms with Crippen molar-refractivity contribution in [1.82, 2.24) is 4.90 Å². The van der Waals surface area contributed by atoms with Crippen molar-refractivity contribution < 1.29 is 21.1 Å². The van der Waals surface area contributed by atoms with Crippen LogP contribution in [0, 0.1) is 22.3 Å². The van der Waals surface area contributed by atoms with Crippen molar-refractivity contribution in [1.29, 1.82) is 0 Å². The summed E-state index contributed by atoms with van der Waals surface area (Å²) in [6, 6.07) is 0.815. The molecule has 0 saturated carbocycles. The third-order valence-electron chi connectivity index (χ3n) is 2.31. The van der Waals surface area contributed by atoms with Crippen molar-refractivity contribution in [2.75, 3.05) is 13.1 Å². The Morgan fingerprint density at radius 1 is 1.00 bits per heavy atom. The van der Waals surface area contributed by atoms with E-state index < -0.39 is 0 Å². The molecular formula is C12H26NPt+. The fourth-order valence-electron chi connectivity index (χ4n) is 1.64. The summed E-state index contributed by atoms with van der Waals surface area (Å²) in [5, 5.41) is 0. The van der Waals surface area contributed by atoms with Crippen LogP contribution in [-0.2, 0) is 21.1 Å². The van der Waals surface area contributed by atoms with Gasteiger partial charge in [0.15, 0.2) is 0 Å². The predicted octanol–water partition coefficient (Wildman–Crippen LogP) is 3.40. The molecule has 0 saturated heterocycles. The van der Waals surface area contributed by atoms with Crippen molar-refractivity contribution in [3.05, 3.63) is 34.4 Å². The van der Waals surface area contributed by atoms with Crippen LogP contribution in [0.25, 0.3) is 0 Å². The second-order valence-corrected chi connectivity index (χ2v) is 2.82. The van der Waals surface area contributed by atoms with Gasteiger partial charge in [0.25, 0.3) is 0 Å². The molecule has 2 heteroatoms. The molecule has 0 unspecified atom stereocenters. The van der Waals surface area contributed by atoms with Crippen LogP contribution in [0.15, 0.2) is 12.2 Å². The second kappa shape index (κ2) is 13.4. The quantitative estimate of drug-likeness (QED) is 0.537. The van der Waals surface area contributed by atoms with Crippen molar-refractivity contribution in [3.8, 4) is 0 Å². The molecule has 0 aliphatic heterocycles. The molecule has 1 aliphatic carbocycles.